The van der Waals surface area contributed by atoms with E-state index in [2.05, 4.69) is 4.99 Å². The maximum Gasteiger partial charge on any atom is 0.166 e. The predicted molar refractivity (Wildman–Crippen MR) is 81.0 cm³/mol. The maximum atomic E-state index is 10.3. The Balaban J connectivity index is 2.11. The molecule has 1 unspecified atom stereocenters. The Morgan fingerprint density at radius 1 is 1.35 bits per heavy atom. The molecule has 0 saturated carbocycles. The third kappa shape index (κ3) is 3.18. The largest absolute Gasteiger partial charge is 0.504 e. The van der Waals surface area contributed by atoms with Crippen LogP contribution in [0.3, 0.4) is 0 Å². The minimum atomic E-state index is -1.00. The fourth-order valence-electron chi connectivity index (χ4n) is 1.79. The second-order valence-corrected chi connectivity index (χ2v) is 5.57. The Bertz CT molecular complexity index is 591. The summed E-state index contributed by atoms with van der Waals surface area (Å²) in [4.78, 5) is 5.09. The number of thiophene rings is 1. The van der Waals surface area contributed by atoms with Crippen molar-refractivity contribution in [1.82, 2.24) is 0 Å². The zero-order chi connectivity index (χ0) is 14.6. The van der Waals surface area contributed by atoms with Gasteiger partial charge >= 0.3 is 0 Å². The summed E-state index contributed by atoms with van der Waals surface area (Å²) in [7, 11) is 1.50. The molecule has 20 heavy (non-hydrogen) atoms. The van der Waals surface area contributed by atoms with Crippen LogP contribution in [-0.2, 0) is 5.60 Å². The smallest absolute Gasteiger partial charge is 0.166 e. The van der Waals surface area contributed by atoms with Crippen LogP contribution >= 0.6 is 11.3 Å². The summed E-state index contributed by atoms with van der Waals surface area (Å²) in [5, 5.41) is 22.2. The Labute approximate surface area is 122 Å². The molecule has 0 radical (unpaired) electrons. The molecule has 1 aromatic carbocycles. The van der Waals surface area contributed by atoms with Crippen molar-refractivity contribution in [1.29, 1.82) is 0 Å². The van der Waals surface area contributed by atoms with Crippen molar-refractivity contribution >= 4 is 17.6 Å². The molecular formula is C15H17NO3S. The lowest BCUT2D eigenvalue weighted by Crippen LogP contribution is -2.23. The molecular weight excluding hydrogens is 274 g/mol. The Kier molecular flexibility index (Phi) is 4.42. The molecule has 1 aromatic heterocycles. The van der Waals surface area contributed by atoms with Gasteiger partial charge in [-0.3, -0.25) is 4.99 Å². The molecule has 0 aliphatic rings. The van der Waals surface area contributed by atoms with E-state index in [4.69, 9.17) is 4.74 Å². The van der Waals surface area contributed by atoms with E-state index in [0.29, 0.717) is 11.3 Å². The van der Waals surface area contributed by atoms with Crippen LogP contribution in [0.2, 0.25) is 0 Å². The van der Waals surface area contributed by atoms with Gasteiger partial charge in [-0.2, -0.15) is 0 Å². The van der Waals surface area contributed by atoms with Gasteiger partial charge in [0.1, 0.15) is 5.60 Å². The van der Waals surface area contributed by atoms with Crippen molar-refractivity contribution in [2.24, 2.45) is 4.99 Å². The van der Waals surface area contributed by atoms with E-state index in [1.807, 2.05) is 17.5 Å². The molecule has 0 amide bonds. The molecule has 4 nitrogen and oxygen atoms in total. The number of rotatable bonds is 5. The van der Waals surface area contributed by atoms with Gasteiger partial charge in [0.25, 0.3) is 0 Å². The highest BCUT2D eigenvalue weighted by molar-refractivity contribution is 7.10. The quantitative estimate of drug-likeness (QED) is 0.833. The SMILES string of the molecule is COc1cccc(C=NCC(C)(O)c2cccs2)c1O. The highest BCUT2D eigenvalue weighted by Crippen LogP contribution is 2.29. The van der Waals surface area contributed by atoms with Gasteiger partial charge in [0.05, 0.1) is 13.7 Å². The van der Waals surface area contributed by atoms with Gasteiger partial charge in [0.15, 0.2) is 11.5 Å². The molecule has 1 atom stereocenters. The van der Waals surface area contributed by atoms with Gasteiger partial charge in [-0.1, -0.05) is 12.1 Å². The van der Waals surface area contributed by atoms with Gasteiger partial charge in [-0.25, -0.2) is 0 Å². The van der Waals surface area contributed by atoms with Crippen LogP contribution in [0.15, 0.2) is 40.7 Å². The first-order valence-corrected chi connectivity index (χ1v) is 7.05. The lowest BCUT2D eigenvalue weighted by atomic mass is 10.1. The minimum absolute atomic E-state index is 0.0505. The second kappa shape index (κ2) is 6.07. The van der Waals surface area contributed by atoms with Crippen LogP contribution in [0.5, 0.6) is 11.5 Å². The average Bonchev–Trinajstić information content (AvgIpc) is 2.95. The molecule has 5 heteroatoms. The van der Waals surface area contributed by atoms with Crippen LogP contribution in [0.25, 0.3) is 0 Å². The van der Waals surface area contributed by atoms with Crippen molar-refractivity contribution in [2.75, 3.05) is 13.7 Å². The topological polar surface area (TPSA) is 62.0 Å². The van der Waals surface area contributed by atoms with Crippen molar-refractivity contribution in [2.45, 2.75) is 12.5 Å². The summed E-state index contributed by atoms with van der Waals surface area (Å²) in [6.07, 6.45) is 1.54. The summed E-state index contributed by atoms with van der Waals surface area (Å²) in [6.45, 7) is 1.95. The van der Waals surface area contributed by atoms with Crippen LogP contribution in [0, 0.1) is 0 Å². The monoisotopic (exact) mass is 291 g/mol. The fraction of sp³-hybridized carbons (Fsp3) is 0.267. The normalized spacial score (nSPS) is 14.3. The third-order valence-corrected chi connectivity index (χ3v) is 4.05. The summed E-state index contributed by atoms with van der Waals surface area (Å²) >= 11 is 1.49. The first-order valence-electron chi connectivity index (χ1n) is 6.17. The lowest BCUT2D eigenvalue weighted by Gasteiger charge is -2.19. The summed E-state index contributed by atoms with van der Waals surface area (Å²) in [5.41, 5.74) is -0.439. The average molecular weight is 291 g/mol. The summed E-state index contributed by atoms with van der Waals surface area (Å²) < 4.78 is 5.03. The number of benzene rings is 1. The van der Waals surface area contributed by atoms with E-state index < -0.39 is 5.60 Å². The van der Waals surface area contributed by atoms with Crippen molar-refractivity contribution < 1.29 is 14.9 Å². The van der Waals surface area contributed by atoms with Crippen LogP contribution in [0.1, 0.15) is 17.4 Å². The number of aliphatic imine (C=N–C) groups is 1. The van der Waals surface area contributed by atoms with E-state index in [9.17, 15) is 10.2 Å². The van der Waals surface area contributed by atoms with Crippen molar-refractivity contribution in [3.8, 4) is 11.5 Å². The van der Waals surface area contributed by atoms with Crippen LogP contribution < -0.4 is 4.74 Å². The molecule has 0 aliphatic carbocycles. The van der Waals surface area contributed by atoms with Gasteiger partial charge in [-0.15, -0.1) is 11.3 Å². The number of hydrogen-bond donors (Lipinski definition) is 2. The second-order valence-electron chi connectivity index (χ2n) is 4.62. The van der Waals surface area contributed by atoms with Crippen LogP contribution in [0.4, 0.5) is 0 Å². The molecule has 0 bridgehead atoms. The maximum absolute atomic E-state index is 10.3. The molecule has 2 N–H and O–H groups in total. The number of phenolic OH excluding ortho intramolecular Hbond substituents is 1. The number of phenols is 1. The standard InChI is InChI=1S/C15H17NO3S/c1-15(18,13-7-4-8-20-13)10-16-9-11-5-3-6-12(19-2)14(11)17/h3-9,17-18H,10H2,1-2H3. The zero-order valence-corrected chi connectivity index (χ0v) is 12.2. The third-order valence-electron chi connectivity index (χ3n) is 2.93. The van der Waals surface area contributed by atoms with Crippen molar-refractivity contribution in [3.05, 3.63) is 46.2 Å². The molecule has 2 aromatic rings. The van der Waals surface area contributed by atoms with Crippen molar-refractivity contribution in [3.63, 3.8) is 0 Å². The number of hydrogen-bond acceptors (Lipinski definition) is 5. The highest BCUT2D eigenvalue weighted by atomic mass is 32.1. The lowest BCUT2D eigenvalue weighted by molar-refractivity contribution is 0.0714. The minimum Gasteiger partial charge on any atom is -0.504 e. The summed E-state index contributed by atoms with van der Waals surface area (Å²) in [6, 6.07) is 8.96. The van der Waals surface area contributed by atoms with E-state index in [-0.39, 0.29) is 12.3 Å². The summed E-state index contributed by atoms with van der Waals surface area (Å²) in [5.74, 6) is 0.452. The number of nitrogens with zero attached hydrogens (tertiary/aromatic N) is 1. The first-order chi connectivity index (χ1) is 9.54. The van der Waals surface area contributed by atoms with E-state index >= 15 is 0 Å². The van der Waals surface area contributed by atoms with E-state index in [1.54, 1.807) is 31.3 Å². The number of aromatic hydroxyl groups is 1. The molecule has 106 valence electrons. The molecule has 0 fully saturated rings. The number of para-hydroxylation sites is 1. The van der Waals surface area contributed by atoms with Gasteiger partial charge in [0.2, 0.25) is 0 Å². The molecule has 2 rings (SSSR count). The van der Waals surface area contributed by atoms with Crippen LogP contribution in [-0.4, -0.2) is 30.1 Å². The predicted octanol–water partition coefficient (Wildman–Crippen LogP) is 2.79. The van der Waals surface area contributed by atoms with E-state index in [0.717, 1.165) is 4.88 Å². The van der Waals surface area contributed by atoms with Gasteiger partial charge in [0, 0.05) is 16.7 Å². The molecule has 0 aliphatic heterocycles. The number of aliphatic hydroxyl groups is 1. The van der Waals surface area contributed by atoms with Gasteiger partial charge in [-0.05, 0) is 30.5 Å². The number of ether oxygens (including phenoxy) is 1. The van der Waals surface area contributed by atoms with Gasteiger partial charge < -0.3 is 14.9 Å². The van der Waals surface area contributed by atoms with E-state index in [1.165, 1.54) is 18.4 Å². The Morgan fingerprint density at radius 2 is 2.15 bits per heavy atom. The fourth-order valence-corrected chi connectivity index (χ4v) is 2.57. The number of methoxy groups -OCH3 is 1. The molecule has 0 saturated heterocycles. The molecule has 1 heterocycles. The highest BCUT2D eigenvalue weighted by Gasteiger charge is 2.23. The zero-order valence-electron chi connectivity index (χ0n) is 11.4. The Morgan fingerprint density at radius 3 is 2.80 bits per heavy atom. The molecule has 0 spiro atoms. The first kappa shape index (κ1) is 14.6. The Hall–Kier alpha value is -1.85.